The molecule has 1 aromatic rings. The summed E-state index contributed by atoms with van der Waals surface area (Å²) in [7, 11) is 0. The molecule has 84 valence electrons. The van der Waals surface area contributed by atoms with E-state index in [9.17, 15) is 4.79 Å². The van der Waals surface area contributed by atoms with Crippen LogP contribution in [0.4, 0.5) is 0 Å². The molecule has 0 saturated carbocycles. The number of nitriles is 1. The van der Waals surface area contributed by atoms with E-state index >= 15 is 0 Å². The fourth-order valence-electron chi connectivity index (χ4n) is 1.28. The van der Waals surface area contributed by atoms with Crippen LogP contribution in [0, 0.1) is 11.3 Å². The highest BCUT2D eigenvalue weighted by molar-refractivity contribution is 5.85. The molecule has 0 aliphatic rings. The molecule has 0 aromatic carbocycles. The molecule has 0 bridgehead atoms. The van der Waals surface area contributed by atoms with Gasteiger partial charge in [0, 0.05) is 11.8 Å². The Morgan fingerprint density at radius 2 is 2.29 bits per heavy atom. The second-order valence-corrected chi connectivity index (χ2v) is 3.25. The van der Waals surface area contributed by atoms with E-state index in [4.69, 9.17) is 5.26 Å². The van der Waals surface area contributed by atoms with E-state index in [1.54, 1.807) is 24.4 Å². The van der Waals surface area contributed by atoms with Crippen molar-refractivity contribution in [3.63, 3.8) is 0 Å². The third-order valence-electron chi connectivity index (χ3n) is 2.22. The first-order valence-corrected chi connectivity index (χ1v) is 5.07. The van der Waals surface area contributed by atoms with Crippen molar-refractivity contribution < 1.29 is 4.79 Å². The van der Waals surface area contributed by atoms with Crippen LogP contribution in [0.15, 0.2) is 48.7 Å². The third kappa shape index (κ3) is 3.25. The smallest absolute Gasteiger partial charge is 0.150 e. The van der Waals surface area contributed by atoms with E-state index in [0.717, 1.165) is 17.4 Å². The van der Waals surface area contributed by atoms with Crippen LogP contribution in [-0.4, -0.2) is 11.3 Å². The van der Waals surface area contributed by atoms with E-state index in [0.29, 0.717) is 11.3 Å². The summed E-state index contributed by atoms with van der Waals surface area (Å²) in [6.45, 7) is 5.43. The lowest BCUT2D eigenvalue weighted by atomic mass is 10.0. The maximum atomic E-state index is 10.7. The van der Waals surface area contributed by atoms with Crippen LogP contribution in [-0.2, 0) is 4.79 Å². The summed E-state index contributed by atoms with van der Waals surface area (Å²) in [5, 5.41) is 8.65. The Labute approximate surface area is 100 Å². The quantitative estimate of drug-likeness (QED) is 0.449. The number of nitrogens with zero attached hydrogens (tertiary/aromatic N) is 2. The molecule has 0 spiro atoms. The van der Waals surface area contributed by atoms with E-state index in [1.807, 2.05) is 19.1 Å². The molecule has 0 aliphatic carbocycles. The number of carbonyl (C=O) groups excluding carboxylic acids is 1. The van der Waals surface area contributed by atoms with Crippen molar-refractivity contribution in [2.45, 2.75) is 6.92 Å². The van der Waals surface area contributed by atoms with Crippen molar-refractivity contribution in [1.29, 1.82) is 5.26 Å². The lowest BCUT2D eigenvalue weighted by molar-refractivity contribution is -0.104. The van der Waals surface area contributed by atoms with Gasteiger partial charge in [-0.05, 0) is 36.3 Å². The number of hydrogen-bond donors (Lipinski definition) is 0. The number of aromatic nitrogens is 1. The van der Waals surface area contributed by atoms with E-state index in [1.165, 1.54) is 6.08 Å². The average Bonchev–Trinajstić information content (AvgIpc) is 2.40. The summed E-state index contributed by atoms with van der Waals surface area (Å²) in [5.41, 5.74) is 2.59. The molecule has 0 fully saturated rings. The van der Waals surface area contributed by atoms with Gasteiger partial charge in [-0.25, -0.2) is 4.98 Å². The maximum Gasteiger partial charge on any atom is 0.150 e. The molecule has 0 unspecified atom stereocenters. The molecular formula is C14H12N2O. The van der Waals surface area contributed by atoms with Crippen LogP contribution in [0.5, 0.6) is 0 Å². The Balaban J connectivity index is 3.11. The zero-order valence-electron chi connectivity index (χ0n) is 9.55. The highest BCUT2D eigenvalue weighted by atomic mass is 16.1. The Hall–Kier alpha value is -2.47. The molecule has 3 nitrogen and oxygen atoms in total. The van der Waals surface area contributed by atoms with E-state index < -0.39 is 0 Å². The summed E-state index contributed by atoms with van der Waals surface area (Å²) in [6.07, 6.45) is 7.44. The molecule has 1 rings (SSSR count). The molecule has 0 atom stereocenters. The highest BCUT2D eigenvalue weighted by Crippen LogP contribution is 2.16. The van der Waals surface area contributed by atoms with Gasteiger partial charge < -0.3 is 0 Å². The topological polar surface area (TPSA) is 53.8 Å². The third-order valence-corrected chi connectivity index (χ3v) is 2.22. The highest BCUT2D eigenvalue weighted by Gasteiger charge is 2.00. The summed E-state index contributed by atoms with van der Waals surface area (Å²) >= 11 is 0. The van der Waals surface area contributed by atoms with Gasteiger partial charge in [-0.2, -0.15) is 5.26 Å². The lowest BCUT2D eigenvalue weighted by Gasteiger charge is -2.02. The minimum Gasteiger partial charge on any atom is -0.298 e. The van der Waals surface area contributed by atoms with Crippen LogP contribution in [0.2, 0.25) is 0 Å². The summed E-state index contributed by atoms with van der Waals surface area (Å²) < 4.78 is 0. The van der Waals surface area contributed by atoms with Gasteiger partial charge in [0.25, 0.3) is 0 Å². The second kappa shape index (κ2) is 6.19. The van der Waals surface area contributed by atoms with Gasteiger partial charge in [-0.1, -0.05) is 18.7 Å². The van der Waals surface area contributed by atoms with Crippen LogP contribution in [0.3, 0.4) is 0 Å². The van der Waals surface area contributed by atoms with E-state index in [-0.39, 0.29) is 0 Å². The Morgan fingerprint density at radius 1 is 1.53 bits per heavy atom. The summed E-state index contributed by atoms with van der Waals surface area (Å²) in [4.78, 5) is 14.7. The standard InChI is InChI=1S/C14H12N2O/c1-3-11(10-17)7-12(4-2)13-5-6-14(8-15)16-9-13/h3-7,9-10H,1H2,2H3. The zero-order valence-corrected chi connectivity index (χ0v) is 9.55. The number of rotatable bonds is 4. The first-order chi connectivity index (χ1) is 8.24. The predicted molar refractivity (Wildman–Crippen MR) is 66.9 cm³/mol. The van der Waals surface area contributed by atoms with Gasteiger partial charge >= 0.3 is 0 Å². The van der Waals surface area contributed by atoms with E-state index in [2.05, 4.69) is 11.6 Å². The van der Waals surface area contributed by atoms with Gasteiger partial charge in [0.1, 0.15) is 18.0 Å². The van der Waals surface area contributed by atoms with Gasteiger partial charge in [-0.3, -0.25) is 4.79 Å². The summed E-state index contributed by atoms with van der Waals surface area (Å²) in [5.74, 6) is 0. The van der Waals surface area contributed by atoms with Crippen molar-refractivity contribution in [3.8, 4) is 6.07 Å². The van der Waals surface area contributed by atoms with Crippen molar-refractivity contribution in [2.75, 3.05) is 0 Å². The molecular weight excluding hydrogens is 212 g/mol. The molecule has 0 N–H and O–H groups in total. The molecule has 17 heavy (non-hydrogen) atoms. The van der Waals surface area contributed by atoms with Gasteiger partial charge in [0.05, 0.1) is 0 Å². The Bertz CT molecular complexity index is 506. The van der Waals surface area contributed by atoms with Crippen molar-refractivity contribution in [3.05, 3.63) is 60.0 Å². The van der Waals surface area contributed by atoms with Crippen LogP contribution in [0.25, 0.3) is 5.57 Å². The lowest BCUT2D eigenvalue weighted by Crippen LogP contribution is -1.88. The SMILES string of the molecule is C=CC(C=O)=CC(=CC)c1ccc(C#N)nc1. The molecule has 3 heteroatoms. The Morgan fingerprint density at radius 3 is 2.71 bits per heavy atom. The van der Waals surface area contributed by atoms with Gasteiger partial charge in [-0.15, -0.1) is 0 Å². The fourth-order valence-corrected chi connectivity index (χ4v) is 1.28. The largest absolute Gasteiger partial charge is 0.298 e. The molecule has 0 amide bonds. The van der Waals surface area contributed by atoms with Crippen LogP contribution in [0.1, 0.15) is 18.2 Å². The number of pyridine rings is 1. The van der Waals surface area contributed by atoms with Gasteiger partial charge in [0.2, 0.25) is 0 Å². The predicted octanol–water partition coefficient (Wildman–Crippen LogP) is 2.67. The molecule has 0 aliphatic heterocycles. The number of hydrogen-bond acceptors (Lipinski definition) is 3. The molecule has 0 saturated heterocycles. The van der Waals surface area contributed by atoms with Crippen LogP contribution >= 0.6 is 0 Å². The number of aldehydes is 1. The monoisotopic (exact) mass is 224 g/mol. The normalized spacial score (nSPS) is 11.8. The minimum absolute atomic E-state index is 0.368. The fraction of sp³-hybridized carbons (Fsp3) is 0.0714. The minimum atomic E-state index is 0.368. The number of carbonyl (C=O) groups is 1. The van der Waals surface area contributed by atoms with Crippen LogP contribution < -0.4 is 0 Å². The first-order valence-electron chi connectivity index (χ1n) is 5.07. The zero-order chi connectivity index (χ0) is 12.7. The first kappa shape index (κ1) is 12.6. The van der Waals surface area contributed by atoms with Crippen molar-refractivity contribution in [2.24, 2.45) is 0 Å². The molecule has 1 heterocycles. The van der Waals surface area contributed by atoms with Crippen molar-refractivity contribution >= 4 is 11.9 Å². The molecule has 0 radical (unpaired) electrons. The second-order valence-electron chi connectivity index (χ2n) is 3.25. The molecule has 1 aromatic heterocycles. The average molecular weight is 224 g/mol. The number of allylic oxidation sites excluding steroid dienone is 5. The summed E-state index contributed by atoms with van der Waals surface area (Å²) in [6, 6.07) is 5.39. The maximum absolute atomic E-state index is 10.7. The van der Waals surface area contributed by atoms with Crippen molar-refractivity contribution in [1.82, 2.24) is 4.98 Å². The van der Waals surface area contributed by atoms with Gasteiger partial charge in [0.15, 0.2) is 0 Å². The Kier molecular flexibility index (Phi) is 4.58.